The summed E-state index contributed by atoms with van der Waals surface area (Å²) in [5.41, 5.74) is 1.69. The number of hydrogen-bond acceptors (Lipinski definition) is 4. The molecule has 4 aromatic rings. The summed E-state index contributed by atoms with van der Waals surface area (Å²) in [6.45, 7) is 4.37. The van der Waals surface area contributed by atoms with Crippen molar-refractivity contribution in [2.24, 2.45) is 0 Å². The van der Waals surface area contributed by atoms with Gasteiger partial charge < -0.3 is 14.6 Å². The molecule has 2 aromatic carbocycles. The van der Waals surface area contributed by atoms with Gasteiger partial charge in [-0.05, 0) is 50.2 Å². The van der Waals surface area contributed by atoms with Gasteiger partial charge >= 0.3 is 0 Å². The van der Waals surface area contributed by atoms with Crippen LogP contribution in [-0.4, -0.2) is 25.2 Å². The lowest BCUT2D eigenvalue weighted by Crippen LogP contribution is -2.22. The smallest absolute Gasteiger partial charge is 0.245 e. The first kappa shape index (κ1) is 20.0. The zero-order chi connectivity index (χ0) is 21.1. The van der Waals surface area contributed by atoms with Crippen molar-refractivity contribution in [1.29, 1.82) is 0 Å². The first-order valence-electron chi connectivity index (χ1n) is 9.67. The summed E-state index contributed by atoms with van der Waals surface area (Å²) in [5, 5.41) is 7.84. The van der Waals surface area contributed by atoms with Crippen molar-refractivity contribution in [1.82, 2.24) is 19.3 Å². The summed E-state index contributed by atoms with van der Waals surface area (Å²) in [6, 6.07) is 16.8. The molecule has 0 radical (unpaired) electrons. The first-order chi connectivity index (χ1) is 14.5. The molecule has 8 heteroatoms. The fourth-order valence-electron chi connectivity index (χ4n) is 3.24. The molecule has 30 heavy (non-hydrogen) atoms. The van der Waals surface area contributed by atoms with Crippen LogP contribution in [0.2, 0.25) is 5.02 Å². The number of hydrogen-bond donors (Lipinski definition) is 1. The van der Waals surface area contributed by atoms with E-state index in [4.69, 9.17) is 16.3 Å². The van der Waals surface area contributed by atoms with Crippen molar-refractivity contribution in [3.05, 3.63) is 71.6 Å². The van der Waals surface area contributed by atoms with Gasteiger partial charge in [-0.15, -0.1) is 0 Å². The third-order valence-electron chi connectivity index (χ3n) is 4.64. The molecular formula is C22H22ClN5O2. The molecule has 1 amide bonds. The van der Waals surface area contributed by atoms with Crippen molar-refractivity contribution >= 4 is 34.4 Å². The van der Waals surface area contributed by atoms with E-state index in [0.29, 0.717) is 22.4 Å². The zero-order valence-corrected chi connectivity index (χ0v) is 17.5. The Morgan fingerprint density at radius 1 is 1.13 bits per heavy atom. The SMILES string of the molecule is CC(C)n1nccc1NC(=O)Cn1c(COc2ccc(Cl)cc2)nc2ccccc21. The maximum absolute atomic E-state index is 12.8. The monoisotopic (exact) mass is 423 g/mol. The van der Waals surface area contributed by atoms with Crippen LogP contribution in [0.4, 0.5) is 5.82 Å². The lowest BCUT2D eigenvalue weighted by Gasteiger charge is -2.13. The first-order valence-corrected chi connectivity index (χ1v) is 10.0. The number of imidazole rings is 1. The third kappa shape index (κ3) is 4.31. The molecule has 0 atom stereocenters. The van der Waals surface area contributed by atoms with Crippen LogP contribution in [0.1, 0.15) is 25.7 Å². The average Bonchev–Trinajstić information content (AvgIpc) is 3.32. The molecule has 0 bridgehead atoms. The molecule has 4 rings (SSSR count). The molecule has 0 saturated heterocycles. The number of nitrogens with zero attached hydrogens (tertiary/aromatic N) is 4. The number of rotatable bonds is 7. The predicted molar refractivity (Wildman–Crippen MR) is 117 cm³/mol. The van der Waals surface area contributed by atoms with E-state index >= 15 is 0 Å². The molecule has 0 unspecified atom stereocenters. The number of aromatic nitrogens is 4. The fourth-order valence-corrected chi connectivity index (χ4v) is 3.37. The van der Waals surface area contributed by atoms with E-state index in [2.05, 4.69) is 15.4 Å². The van der Waals surface area contributed by atoms with E-state index in [-0.39, 0.29) is 25.1 Å². The van der Waals surface area contributed by atoms with Crippen LogP contribution in [0.15, 0.2) is 60.8 Å². The molecule has 0 fully saturated rings. The van der Waals surface area contributed by atoms with Gasteiger partial charge in [0.1, 0.15) is 30.5 Å². The van der Waals surface area contributed by atoms with Crippen molar-refractivity contribution in [2.75, 3.05) is 5.32 Å². The molecule has 7 nitrogen and oxygen atoms in total. The van der Waals surface area contributed by atoms with Gasteiger partial charge in [0.15, 0.2) is 0 Å². The van der Waals surface area contributed by atoms with Crippen LogP contribution < -0.4 is 10.1 Å². The largest absolute Gasteiger partial charge is 0.486 e. The van der Waals surface area contributed by atoms with Crippen LogP contribution in [-0.2, 0) is 17.9 Å². The summed E-state index contributed by atoms with van der Waals surface area (Å²) in [7, 11) is 0. The lowest BCUT2D eigenvalue weighted by atomic mass is 10.3. The number of halogens is 1. The number of fused-ring (bicyclic) bond motifs is 1. The minimum atomic E-state index is -0.159. The van der Waals surface area contributed by atoms with E-state index in [1.807, 2.05) is 42.7 Å². The number of nitrogens with one attached hydrogen (secondary N) is 1. The predicted octanol–water partition coefficient (Wildman–Crippen LogP) is 4.68. The second-order valence-corrected chi connectivity index (χ2v) is 7.58. The average molecular weight is 424 g/mol. The highest BCUT2D eigenvalue weighted by atomic mass is 35.5. The van der Waals surface area contributed by atoms with Crippen molar-refractivity contribution in [3.8, 4) is 5.75 Å². The second-order valence-electron chi connectivity index (χ2n) is 7.15. The molecule has 0 aliphatic heterocycles. The Balaban J connectivity index is 1.56. The van der Waals surface area contributed by atoms with Crippen molar-refractivity contribution < 1.29 is 9.53 Å². The van der Waals surface area contributed by atoms with E-state index in [0.717, 1.165) is 11.0 Å². The van der Waals surface area contributed by atoms with Crippen LogP contribution in [0.3, 0.4) is 0 Å². The molecule has 1 N–H and O–H groups in total. The summed E-state index contributed by atoms with van der Waals surface area (Å²) in [6.07, 6.45) is 1.67. The minimum Gasteiger partial charge on any atom is -0.486 e. The number of carbonyl (C=O) groups is 1. The number of amides is 1. The second kappa shape index (κ2) is 8.59. The Kier molecular flexibility index (Phi) is 5.72. The van der Waals surface area contributed by atoms with E-state index in [1.165, 1.54) is 0 Å². The Bertz CT molecular complexity index is 1160. The normalized spacial score (nSPS) is 11.2. The van der Waals surface area contributed by atoms with Crippen LogP contribution in [0, 0.1) is 0 Å². The maximum Gasteiger partial charge on any atom is 0.245 e. The third-order valence-corrected chi connectivity index (χ3v) is 4.90. The molecular weight excluding hydrogens is 402 g/mol. The standard InChI is InChI=1S/C22H22ClN5O2/c1-15(2)28-20(11-12-24-28)26-22(29)13-27-19-6-4-3-5-18(19)25-21(27)14-30-17-9-7-16(23)8-10-17/h3-12,15H,13-14H2,1-2H3,(H,26,29). The maximum atomic E-state index is 12.8. The van der Waals surface area contributed by atoms with Gasteiger partial charge in [-0.1, -0.05) is 23.7 Å². The van der Waals surface area contributed by atoms with Gasteiger partial charge in [0.05, 0.1) is 17.2 Å². The van der Waals surface area contributed by atoms with Crippen molar-refractivity contribution in [3.63, 3.8) is 0 Å². The summed E-state index contributed by atoms with van der Waals surface area (Å²) >= 11 is 5.93. The molecule has 0 saturated carbocycles. The summed E-state index contributed by atoms with van der Waals surface area (Å²) in [5.74, 6) is 1.86. The Hall–Kier alpha value is -3.32. The van der Waals surface area contributed by atoms with E-state index in [9.17, 15) is 4.79 Å². The molecule has 2 aromatic heterocycles. The van der Waals surface area contributed by atoms with Crippen molar-refractivity contribution in [2.45, 2.75) is 33.0 Å². The zero-order valence-electron chi connectivity index (χ0n) is 16.7. The highest BCUT2D eigenvalue weighted by Gasteiger charge is 2.16. The Morgan fingerprint density at radius 2 is 1.90 bits per heavy atom. The molecule has 154 valence electrons. The Morgan fingerprint density at radius 3 is 2.67 bits per heavy atom. The number of anilines is 1. The Labute approximate surface area is 179 Å². The molecule has 0 aliphatic rings. The van der Waals surface area contributed by atoms with Crippen LogP contribution in [0.25, 0.3) is 11.0 Å². The van der Waals surface area contributed by atoms with Crippen LogP contribution >= 0.6 is 11.6 Å². The van der Waals surface area contributed by atoms with Gasteiger partial charge in [-0.3, -0.25) is 4.79 Å². The quantitative estimate of drug-likeness (QED) is 0.468. The van der Waals surface area contributed by atoms with Gasteiger partial charge in [0.25, 0.3) is 0 Å². The molecule has 2 heterocycles. The van der Waals surface area contributed by atoms with Gasteiger partial charge in [0.2, 0.25) is 5.91 Å². The van der Waals surface area contributed by atoms with Gasteiger partial charge in [-0.25, -0.2) is 9.67 Å². The van der Waals surface area contributed by atoms with Crippen LogP contribution in [0.5, 0.6) is 5.75 Å². The van der Waals surface area contributed by atoms with Gasteiger partial charge in [-0.2, -0.15) is 5.10 Å². The number of carbonyl (C=O) groups excluding carboxylic acids is 1. The highest BCUT2D eigenvalue weighted by Crippen LogP contribution is 2.20. The summed E-state index contributed by atoms with van der Waals surface area (Å²) < 4.78 is 9.51. The minimum absolute atomic E-state index is 0.114. The molecule has 0 spiro atoms. The number of ether oxygens (including phenoxy) is 1. The number of benzene rings is 2. The fraction of sp³-hybridized carbons (Fsp3) is 0.227. The number of para-hydroxylation sites is 2. The highest BCUT2D eigenvalue weighted by molar-refractivity contribution is 6.30. The molecule has 0 aliphatic carbocycles. The topological polar surface area (TPSA) is 74.0 Å². The lowest BCUT2D eigenvalue weighted by molar-refractivity contribution is -0.116. The van der Waals surface area contributed by atoms with E-state index in [1.54, 1.807) is 41.2 Å². The summed E-state index contributed by atoms with van der Waals surface area (Å²) in [4.78, 5) is 17.5. The van der Waals surface area contributed by atoms with E-state index < -0.39 is 0 Å². The van der Waals surface area contributed by atoms with Gasteiger partial charge in [0, 0.05) is 17.1 Å².